The molecule has 1 aliphatic carbocycles. The molecule has 0 atom stereocenters. The quantitative estimate of drug-likeness (QED) is 0.832. The van der Waals surface area contributed by atoms with Gasteiger partial charge in [0, 0.05) is 17.7 Å². The van der Waals surface area contributed by atoms with E-state index >= 15 is 0 Å². The summed E-state index contributed by atoms with van der Waals surface area (Å²) < 4.78 is 41.5. The maximum atomic E-state index is 14.8. The van der Waals surface area contributed by atoms with E-state index in [0.717, 1.165) is 5.39 Å². The van der Waals surface area contributed by atoms with Crippen molar-refractivity contribution < 1.29 is 22.7 Å². The van der Waals surface area contributed by atoms with Gasteiger partial charge in [0.1, 0.15) is 10.7 Å². The molecule has 28 heavy (non-hydrogen) atoms. The lowest BCUT2D eigenvalue weighted by atomic mass is 9.94. The number of nitrogens with zero attached hydrogens (tertiary/aromatic N) is 1. The van der Waals surface area contributed by atoms with Gasteiger partial charge >= 0.3 is 5.97 Å². The number of hydrogen-bond acceptors (Lipinski definition) is 4. The van der Waals surface area contributed by atoms with E-state index < -0.39 is 33.0 Å². The van der Waals surface area contributed by atoms with Crippen LogP contribution in [0.2, 0.25) is 0 Å². The lowest BCUT2D eigenvalue weighted by Gasteiger charge is -2.18. The summed E-state index contributed by atoms with van der Waals surface area (Å²) in [7, 11) is -4.22. The van der Waals surface area contributed by atoms with Crippen LogP contribution in [0.1, 0.15) is 19.8 Å². The Morgan fingerprint density at radius 3 is 2.61 bits per heavy atom. The second kappa shape index (κ2) is 6.53. The van der Waals surface area contributed by atoms with Gasteiger partial charge in [-0.2, -0.15) is 0 Å². The molecule has 2 aromatic rings. The van der Waals surface area contributed by atoms with Gasteiger partial charge in [0.05, 0.1) is 17.0 Å². The van der Waals surface area contributed by atoms with Gasteiger partial charge in [0.2, 0.25) is 9.84 Å². The van der Waals surface area contributed by atoms with E-state index in [4.69, 9.17) is 0 Å². The van der Waals surface area contributed by atoms with Crippen molar-refractivity contribution in [2.75, 3.05) is 0 Å². The maximum absolute atomic E-state index is 14.8. The molecule has 0 unspecified atom stereocenters. The van der Waals surface area contributed by atoms with Crippen LogP contribution < -0.4 is 0 Å². The predicted molar refractivity (Wildman–Crippen MR) is 104 cm³/mol. The zero-order valence-corrected chi connectivity index (χ0v) is 15.8. The highest BCUT2D eigenvalue weighted by atomic mass is 32.2. The number of fused-ring (bicyclic) bond motifs is 2. The van der Waals surface area contributed by atoms with Gasteiger partial charge in [-0.25, -0.2) is 12.8 Å². The molecule has 0 amide bonds. The predicted octanol–water partition coefficient (Wildman–Crippen LogP) is 4.33. The third kappa shape index (κ3) is 2.88. The summed E-state index contributed by atoms with van der Waals surface area (Å²) in [6.07, 6.45) is 0.879. The van der Waals surface area contributed by atoms with Crippen molar-refractivity contribution in [3.8, 4) is 0 Å². The molecule has 0 radical (unpaired) electrons. The summed E-state index contributed by atoms with van der Waals surface area (Å²) in [5.74, 6) is -2.00. The summed E-state index contributed by atoms with van der Waals surface area (Å²) in [6, 6.07) is 11.9. The number of carbonyl (C=O) groups is 1. The Labute approximate surface area is 161 Å². The highest BCUT2D eigenvalue weighted by Crippen LogP contribution is 2.41. The molecule has 1 heterocycles. The molecular formula is C21H16FNO4S. The first kappa shape index (κ1) is 18.3. The van der Waals surface area contributed by atoms with Gasteiger partial charge in [0.15, 0.2) is 0 Å². The van der Waals surface area contributed by atoms with Crippen LogP contribution in [-0.4, -0.2) is 25.2 Å². The van der Waals surface area contributed by atoms with Crippen LogP contribution in [0.3, 0.4) is 0 Å². The Morgan fingerprint density at radius 2 is 1.89 bits per heavy atom. The largest absolute Gasteiger partial charge is 0.481 e. The van der Waals surface area contributed by atoms with E-state index in [1.807, 2.05) is 12.1 Å². The van der Waals surface area contributed by atoms with Gasteiger partial charge < -0.3 is 5.11 Å². The number of rotatable bonds is 4. The van der Waals surface area contributed by atoms with Crippen molar-refractivity contribution in [3.63, 3.8) is 0 Å². The SMILES string of the molecule is CC1=C(CC(=O)O)C2=C(S(=O)(=O)c3ccc4ccccc4c3)C(F)=CCC2=N1. The van der Waals surface area contributed by atoms with Gasteiger partial charge in [-0.3, -0.25) is 9.79 Å². The second-order valence-corrected chi connectivity index (χ2v) is 8.55. The van der Waals surface area contributed by atoms with E-state index in [1.165, 1.54) is 18.2 Å². The third-order valence-electron chi connectivity index (χ3n) is 4.88. The molecule has 0 saturated heterocycles. The Bertz CT molecular complexity index is 1270. The molecule has 0 saturated carbocycles. The Hall–Kier alpha value is -3.06. The summed E-state index contributed by atoms with van der Waals surface area (Å²) in [5, 5.41) is 10.8. The minimum Gasteiger partial charge on any atom is -0.481 e. The number of aliphatic carboxylic acids is 1. The molecule has 7 heteroatoms. The van der Waals surface area contributed by atoms with E-state index in [0.29, 0.717) is 16.8 Å². The van der Waals surface area contributed by atoms with Crippen molar-refractivity contribution in [2.24, 2.45) is 4.99 Å². The van der Waals surface area contributed by atoms with Crippen LogP contribution in [-0.2, 0) is 14.6 Å². The molecule has 2 aliphatic rings. The van der Waals surface area contributed by atoms with Gasteiger partial charge in [-0.05, 0) is 41.5 Å². The molecule has 4 rings (SSSR count). The molecule has 5 nitrogen and oxygen atoms in total. The number of carboxylic acids is 1. The van der Waals surface area contributed by atoms with E-state index in [2.05, 4.69) is 4.99 Å². The first-order valence-corrected chi connectivity index (χ1v) is 10.1. The first-order valence-electron chi connectivity index (χ1n) is 8.63. The Balaban J connectivity index is 1.95. The minimum absolute atomic E-state index is 0.0438. The Morgan fingerprint density at radius 1 is 1.18 bits per heavy atom. The number of hydrogen-bond donors (Lipinski definition) is 1. The molecule has 142 valence electrons. The normalized spacial score (nSPS) is 16.9. The number of aliphatic imine (C=N–C) groups is 1. The van der Waals surface area contributed by atoms with E-state index in [9.17, 15) is 22.7 Å². The zero-order valence-electron chi connectivity index (χ0n) is 14.9. The van der Waals surface area contributed by atoms with Crippen molar-refractivity contribution >= 4 is 32.3 Å². The van der Waals surface area contributed by atoms with Crippen molar-refractivity contribution in [1.29, 1.82) is 0 Å². The Kier molecular flexibility index (Phi) is 4.27. The fourth-order valence-corrected chi connectivity index (χ4v) is 5.19. The third-order valence-corrected chi connectivity index (χ3v) is 6.69. The fraction of sp³-hybridized carbons (Fsp3) is 0.143. The maximum Gasteiger partial charge on any atom is 0.307 e. The van der Waals surface area contributed by atoms with Crippen LogP contribution in [0.15, 0.2) is 86.0 Å². The smallest absolute Gasteiger partial charge is 0.307 e. The minimum atomic E-state index is -4.22. The molecule has 2 aromatic carbocycles. The lowest BCUT2D eigenvalue weighted by Crippen LogP contribution is -2.17. The monoisotopic (exact) mass is 397 g/mol. The summed E-state index contributed by atoms with van der Waals surface area (Å²) >= 11 is 0. The number of sulfone groups is 1. The fourth-order valence-electron chi connectivity index (χ4n) is 3.58. The van der Waals surface area contributed by atoms with E-state index in [1.54, 1.807) is 25.1 Å². The first-order chi connectivity index (χ1) is 13.3. The molecular weight excluding hydrogens is 381 g/mol. The van der Waals surface area contributed by atoms with E-state index in [-0.39, 0.29) is 22.5 Å². The topological polar surface area (TPSA) is 83.8 Å². The van der Waals surface area contributed by atoms with Gasteiger partial charge in [0.25, 0.3) is 0 Å². The molecule has 0 fully saturated rings. The van der Waals surface area contributed by atoms with Gasteiger partial charge in [-0.15, -0.1) is 0 Å². The van der Waals surface area contributed by atoms with Crippen LogP contribution in [0.4, 0.5) is 4.39 Å². The molecule has 0 bridgehead atoms. The van der Waals surface area contributed by atoms with Crippen molar-refractivity contribution in [2.45, 2.75) is 24.7 Å². The van der Waals surface area contributed by atoms with Crippen LogP contribution in [0.25, 0.3) is 10.8 Å². The number of halogens is 1. The average molecular weight is 397 g/mol. The number of allylic oxidation sites excluding steroid dienone is 4. The highest BCUT2D eigenvalue weighted by Gasteiger charge is 2.37. The summed E-state index contributed by atoms with van der Waals surface area (Å²) in [5.41, 5.74) is 1.12. The zero-order chi connectivity index (χ0) is 20.1. The molecule has 0 spiro atoms. The highest BCUT2D eigenvalue weighted by molar-refractivity contribution is 7.95. The molecule has 0 aromatic heterocycles. The number of carboxylic acid groups (broad SMARTS) is 1. The second-order valence-electron chi connectivity index (χ2n) is 6.67. The van der Waals surface area contributed by atoms with Crippen LogP contribution in [0.5, 0.6) is 0 Å². The van der Waals surface area contributed by atoms with Crippen LogP contribution >= 0.6 is 0 Å². The number of benzene rings is 2. The standard InChI is InChI=1S/C21H16FNO4S/c1-12-16(11-19(24)25)20-18(23-12)9-8-17(22)21(20)28(26,27)15-7-6-13-4-2-3-5-14(13)10-15/h2-8,10H,9,11H2,1H3,(H,24,25). The molecule has 1 N–H and O–H groups in total. The van der Waals surface area contributed by atoms with Crippen LogP contribution in [0, 0.1) is 0 Å². The van der Waals surface area contributed by atoms with Gasteiger partial charge in [-0.1, -0.05) is 30.3 Å². The average Bonchev–Trinajstić information content (AvgIpc) is 2.96. The summed E-state index contributed by atoms with van der Waals surface area (Å²) in [6.45, 7) is 1.61. The molecule has 1 aliphatic heterocycles. The van der Waals surface area contributed by atoms with Crippen molar-refractivity contribution in [3.05, 3.63) is 76.1 Å². The van der Waals surface area contributed by atoms with Crippen molar-refractivity contribution in [1.82, 2.24) is 0 Å². The lowest BCUT2D eigenvalue weighted by molar-refractivity contribution is -0.136. The summed E-state index contributed by atoms with van der Waals surface area (Å²) in [4.78, 5) is 15.0.